The van der Waals surface area contributed by atoms with Gasteiger partial charge in [-0.15, -0.1) is 0 Å². The number of halogens is 4. The van der Waals surface area contributed by atoms with E-state index in [0.717, 1.165) is 6.42 Å². The predicted molar refractivity (Wildman–Crippen MR) is 91.0 cm³/mol. The zero-order chi connectivity index (χ0) is 13.1. The zero-order valence-corrected chi connectivity index (χ0v) is 14.6. The van der Waals surface area contributed by atoms with Crippen LogP contribution < -0.4 is 0 Å². The van der Waals surface area contributed by atoms with E-state index in [1.807, 2.05) is 18.2 Å². The lowest BCUT2D eigenvalue weighted by Gasteiger charge is -2.11. The molecule has 0 aliphatic carbocycles. The summed E-state index contributed by atoms with van der Waals surface area (Å²) >= 11 is 17.9. The summed E-state index contributed by atoms with van der Waals surface area (Å²) in [5.41, 5.74) is 2.44. The number of alkyl halides is 1. The van der Waals surface area contributed by atoms with Crippen molar-refractivity contribution in [2.45, 2.75) is 11.2 Å². The van der Waals surface area contributed by atoms with Crippen molar-refractivity contribution in [3.8, 4) is 0 Å². The minimum absolute atomic E-state index is 0.284. The van der Waals surface area contributed by atoms with E-state index in [1.165, 1.54) is 14.7 Å². The summed E-state index contributed by atoms with van der Waals surface area (Å²) in [6.45, 7) is 0. The average Bonchev–Trinajstić information content (AvgIpc) is 2.34. The lowest BCUT2D eigenvalue weighted by molar-refractivity contribution is 0.948. The van der Waals surface area contributed by atoms with Crippen LogP contribution in [0.25, 0.3) is 0 Å². The summed E-state index contributed by atoms with van der Waals surface area (Å²) in [4.78, 5) is 0.284. The Balaban J connectivity index is 2.13. The summed E-state index contributed by atoms with van der Waals surface area (Å²) in [5, 5.41) is 1.21. The van der Waals surface area contributed by atoms with Gasteiger partial charge in [-0.25, -0.2) is 0 Å². The first-order chi connectivity index (χ1) is 8.56. The van der Waals surface area contributed by atoms with Gasteiger partial charge in [-0.2, -0.15) is 0 Å². The molecule has 2 rings (SSSR count). The molecule has 0 aliphatic heterocycles. The van der Waals surface area contributed by atoms with Crippen molar-refractivity contribution < 1.29 is 0 Å². The Bertz CT molecular complexity index is 540. The molecule has 18 heavy (non-hydrogen) atoms. The van der Waals surface area contributed by atoms with Crippen LogP contribution in [0.15, 0.2) is 42.5 Å². The van der Waals surface area contributed by atoms with Gasteiger partial charge in [0.05, 0.1) is 10.0 Å². The molecular formula is C14H10BrCl2I. The highest BCUT2D eigenvalue weighted by atomic mass is 127. The highest BCUT2D eigenvalue weighted by molar-refractivity contribution is 14.1. The average molecular weight is 456 g/mol. The van der Waals surface area contributed by atoms with Gasteiger partial charge in [-0.3, -0.25) is 0 Å². The minimum Gasteiger partial charge on any atom is -0.0835 e. The Labute approximate surface area is 139 Å². The summed E-state index contributed by atoms with van der Waals surface area (Å²) in [7, 11) is 0. The van der Waals surface area contributed by atoms with Crippen molar-refractivity contribution in [2.75, 3.05) is 0 Å². The number of rotatable bonds is 3. The second-order valence-corrected chi connectivity index (χ2v) is 7.14. The van der Waals surface area contributed by atoms with Crippen molar-refractivity contribution in [1.29, 1.82) is 0 Å². The summed E-state index contributed by atoms with van der Waals surface area (Å²) in [5.74, 6) is 0. The summed E-state index contributed by atoms with van der Waals surface area (Å²) in [6.07, 6.45) is 0.886. The molecule has 94 valence electrons. The molecule has 0 saturated heterocycles. The smallest absolute Gasteiger partial charge is 0.0595 e. The zero-order valence-electron chi connectivity index (χ0n) is 9.34. The maximum Gasteiger partial charge on any atom is 0.0595 e. The van der Waals surface area contributed by atoms with Gasteiger partial charge in [0.15, 0.2) is 0 Å². The largest absolute Gasteiger partial charge is 0.0835 e. The maximum atomic E-state index is 6.02. The molecule has 0 bridgehead atoms. The van der Waals surface area contributed by atoms with Crippen LogP contribution in [0, 0.1) is 3.57 Å². The molecule has 0 saturated carbocycles. The molecule has 1 unspecified atom stereocenters. The molecule has 0 heterocycles. The third-order valence-corrected chi connectivity index (χ3v) is 4.94. The summed E-state index contributed by atoms with van der Waals surface area (Å²) < 4.78 is 1.24. The second kappa shape index (κ2) is 6.60. The Morgan fingerprint density at radius 2 is 1.67 bits per heavy atom. The van der Waals surface area contributed by atoms with Crippen LogP contribution in [0.3, 0.4) is 0 Å². The van der Waals surface area contributed by atoms with Gasteiger partial charge in [0.1, 0.15) is 0 Å². The third-order valence-electron chi connectivity index (χ3n) is 2.63. The van der Waals surface area contributed by atoms with Crippen molar-refractivity contribution >= 4 is 61.7 Å². The second-order valence-electron chi connectivity index (χ2n) is 3.97. The summed E-state index contributed by atoms with van der Waals surface area (Å²) in [6, 6.07) is 14.3. The normalized spacial score (nSPS) is 12.4. The highest BCUT2D eigenvalue weighted by Crippen LogP contribution is 2.30. The van der Waals surface area contributed by atoms with Gasteiger partial charge >= 0.3 is 0 Å². The van der Waals surface area contributed by atoms with E-state index in [-0.39, 0.29) is 4.83 Å². The molecule has 0 N–H and O–H groups in total. The number of benzene rings is 2. The first-order valence-corrected chi connectivity index (χ1v) is 8.15. The number of hydrogen-bond donors (Lipinski definition) is 0. The fourth-order valence-corrected chi connectivity index (χ4v) is 3.02. The van der Waals surface area contributed by atoms with E-state index in [0.29, 0.717) is 10.0 Å². The molecule has 1 atom stereocenters. The number of hydrogen-bond acceptors (Lipinski definition) is 0. The first-order valence-electron chi connectivity index (χ1n) is 5.40. The Hall–Kier alpha value is 0.230. The molecule has 0 radical (unpaired) electrons. The molecule has 0 spiro atoms. The standard InChI is InChI=1S/C14H10BrCl2I/c15-12(10-2-4-11(18)5-3-10)7-9-1-6-13(16)14(17)8-9/h1-6,8,12H,7H2. The van der Waals surface area contributed by atoms with Gasteiger partial charge < -0.3 is 0 Å². The highest BCUT2D eigenvalue weighted by Gasteiger charge is 2.09. The van der Waals surface area contributed by atoms with E-state index in [9.17, 15) is 0 Å². The Morgan fingerprint density at radius 1 is 1.00 bits per heavy atom. The van der Waals surface area contributed by atoms with E-state index >= 15 is 0 Å². The SMILES string of the molecule is Clc1ccc(CC(Br)c2ccc(I)cc2)cc1Cl. The minimum atomic E-state index is 0.284. The van der Waals surface area contributed by atoms with Gasteiger partial charge in [0.2, 0.25) is 0 Å². The van der Waals surface area contributed by atoms with Crippen LogP contribution in [0.1, 0.15) is 16.0 Å². The first kappa shape index (κ1) is 14.6. The lowest BCUT2D eigenvalue weighted by Crippen LogP contribution is -1.95. The third kappa shape index (κ3) is 3.86. The molecule has 0 fully saturated rings. The fourth-order valence-electron chi connectivity index (χ4n) is 1.66. The monoisotopic (exact) mass is 454 g/mol. The molecule has 0 amide bonds. The molecule has 2 aromatic carbocycles. The van der Waals surface area contributed by atoms with E-state index in [4.69, 9.17) is 23.2 Å². The van der Waals surface area contributed by atoms with Crippen LogP contribution in [0.4, 0.5) is 0 Å². The van der Waals surface area contributed by atoms with E-state index in [1.54, 1.807) is 0 Å². The van der Waals surface area contributed by atoms with Crippen molar-refractivity contribution in [1.82, 2.24) is 0 Å². The van der Waals surface area contributed by atoms with E-state index < -0.39 is 0 Å². The van der Waals surface area contributed by atoms with Crippen LogP contribution in [-0.4, -0.2) is 0 Å². The molecule has 2 aromatic rings. The lowest BCUT2D eigenvalue weighted by atomic mass is 10.0. The topological polar surface area (TPSA) is 0 Å². The maximum absolute atomic E-state index is 6.02. The van der Waals surface area contributed by atoms with Crippen molar-refractivity contribution in [3.05, 3.63) is 67.2 Å². The Morgan fingerprint density at radius 3 is 2.28 bits per heavy atom. The van der Waals surface area contributed by atoms with Crippen LogP contribution >= 0.6 is 61.7 Å². The van der Waals surface area contributed by atoms with Crippen LogP contribution in [0.2, 0.25) is 10.0 Å². The fraction of sp³-hybridized carbons (Fsp3) is 0.143. The molecule has 0 aliphatic rings. The van der Waals surface area contributed by atoms with Gasteiger partial charge in [0, 0.05) is 8.40 Å². The van der Waals surface area contributed by atoms with Crippen LogP contribution in [0.5, 0.6) is 0 Å². The molecule has 0 aromatic heterocycles. The van der Waals surface area contributed by atoms with Crippen LogP contribution in [-0.2, 0) is 6.42 Å². The molecule has 4 heteroatoms. The van der Waals surface area contributed by atoms with Gasteiger partial charge in [-0.05, 0) is 64.4 Å². The van der Waals surface area contributed by atoms with Gasteiger partial charge in [-0.1, -0.05) is 57.3 Å². The quantitative estimate of drug-likeness (QED) is 0.377. The van der Waals surface area contributed by atoms with Crippen molar-refractivity contribution in [3.63, 3.8) is 0 Å². The van der Waals surface area contributed by atoms with E-state index in [2.05, 4.69) is 62.8 Å². The molecular weight excluding hydrogens is 446 g/mol. The van der Waals surface area contributed by atoms with Gasteiger partial charge in [0.25, 0.3) is 0 Å². The Kier molecular flexibility index (Phi) is 5.36. The van der Waals surface area contributed by atoms with Crippen molar-refractivity contribution in [2.24, 2.45) is 0 Å². The predicted octanol–water partition coefficient (Wildman–Crippen LogP) is 6.28. The molecule has 0 nitrogen and oxygen atoms in total.